The highest BCUT2D eigenvalue weighted by atomic mass is 16.6. The lowest BCUT2D eigenvalue weighted by atomic mass is 10.2. The molecule has 0 fully saturated rings. The van der Waals surface area contributed by atoms with Crippen molar-refractivity contribution in [2.45, 2.75) is 20.8 Å². The SMILES string of the molecule is CCOC(=O)COc1cc(C)c2c(C)nn(-c3ccccc3)c2n1. The highest BCUT2D eigenvalue weighted by Crippen LogP contribution is 2.26. The quantitative estimate of drug-likeness (QED) is 0.675. The molecule has 24 heavy (non-hydrogen) atoms. The van der Waals surface area contributed by atoms with E-state index in [0.717, 1.165) is 22.3 Å². The van der Waals surface area contributed by atoms with Gasteiger partial charge in [-0.3, -0.25) is 0 Å². The van der Waals surface area contributed by atoms with Gasteiger partial charge in [0.05, 0.1) is 18.0 Å². The molecular formula is C18H19N3O3. The molecule has 0 unspecified atom stereocenters. The standard InChI is InChI=1S/C18H19N3O3/c1-4-23-16(22)11-24-15-10-12(2)17-13(3)20-21(18(17)19-15)14-8-6-5-7-9-14/h5-10H,4,11H2,1-3H3. The molecule has 2 heterocycles. The molecular weight excluding hydrogens is 306 g/mol. The van der Waals surface area contributed by atoms with Gasteiger partial charge < -0.3 is 9.47 Å². The summed E-state index contributed by atoms with van der Waals surface area (Å²) in [6, 6.07) is 11.6. The normalized spacial score (nSPS) is 10.8. The summed E-state index contributed by atoms with van der Waals surface area (Å²) < 4.78 is 12.1. The average Bonchev–Trinajstić information content (AvgIpc) is 2.91. The van der Waals surface area contributed by atoms with Crippen molar-refractivity contribution in [3.63, 3.8) is 0 Å². The fraction of sp³-hybridized carbons (Fsp3) is 0.278. The number of ether oxygens (including phenoxy) is 2. The number of fused-ring (bicyclic) bond motifs is 1. The number of benzene rings is 1. The average molecular weight is 325 g/mol. The number of pyridine rings is 1. The first-order valence-corrected chi connectivity index (χ1v) is 7.81. The summed E-state index contributed by atoms with van der Waals surface area (Å²) in [5, 5.41) is 5.58. The van der Waals surface area contributed by atoms with Crippen LogP contribution in [0.4, 0.5) is 0 Å². The molecule has 0 N–H and O–H groups in total. The first-order chi connectivity index (χ1) is 11.6. The van der Waals surface area contributed by atoms with Gasteiger partial charge in [0.15, 0.2) is 12.3 Å². The maximum atomic E-state index is 11.5. The smallest absolute Gasteiger partial charge is 0.344 e. The molecule has 124 valence electrons. The van der Waals surface area contributed by atoms with E-state index in [1.807, 2.05) is 50.2 Å². The minimum absolute atomic E-state index is 0.162. The number of hydrogen-bond acceptors (Lipinski definition) is 5. The molecule has 0 saturated carbocycles. The zero-order valence-corrected chi connectivity index (χ0v) is 13.9. The van der Waals surface area contributed by atoms with E-state index in [1.54, 1.807) is 11.6 Å². The van der Waals surface area contributed by atoms with Crippen molar-refractivity contribution in [3.05, 3.63) is 47.7 Å². The summed E-state index contributed by atoms with van der Waals surface area (Å²) in [5.41, 5.74) is 3.52. The first kappa shape index (κ1) is 16.0. The molecule has 6 nitrogen and oxygen atoms in total. The molecule has 6 heteroatoms. The van der Waals surface area contributed by atoms with E-state index >= 15 is 0 Å². The highest BCUT2D eigenvalue weighted by Gasteiger charge is 2.15. The number of rotatable bonds is 5. The number of nitrogens with zero attached hydrogens (tertiary/aromatic N) is 3. The Morgan fingerprint density at radius 1 is 1.21 bits per heavy atom. The van der Waals surface area contributed by atoms with Gasteiger partial charge in [0.2, 0.25) is 5.88 Å². The van der Waals surface area contributed by atoms with E-state index < -0.39 is 5.97 Å². The molecule has 1 aromatic carbocycles. The number of carbonyl (C=O) groups is 1. The molecule has 3 rings (SSSR count). The Labute approximate surface area is 140 Å². The van der Waals surface area contributed by atoms with E-state index in [0.29, 0.717) is 18.1 Å². The van der Waals surface area contributed by atoms with Crippen LogP contribution in [0.2, 0.25) is 0 Å². The van der Waals surface area contributed by atoms with Gasteiger partial charge in [-0.25, -0.2) is 9.48 Å². The lowest BCUT2D eigenvalue weighted by Crippen LogP contribution is -2.15. The van der Waals surface area contributed by atoms with E-state index in [9.17, 15) is 4.79 Å². The van der Waals surface area contributed by atoms with Crippen LogP contribution in [-0.2, 0) is 9.53 Å². The molecule has 3 aromatic rings. The number of hydrogen-bond donors (Lipinski definition) is 0. The molecule has 0 aliphatic carbocycles. The van der Waals surface area contributed by atoms with Gasteiger partial charge in [-0.1, -0.05) is 18.2 Å². The largest absolute Gasteiger partial charge is 0.466 e. The molecule has 0 atom stereocenters. The summed E-state index contributed by atoms with van der Waals surface area (Å²) in [6.07, 6.45) is 0. The van der Waals surface area contributed by atoms with Crippen LogP contribution in [0.3, 0.4) is 0 Å². The van der Waals surface area contributed by atoms with E-state index in [4.69, 9.17) is 9.47 Å². The van der Waals surface area contributed by atoms with Gasteiger partial charge >= 0.3 is 5.97 Å². The molecule has 0 aliphatic heterocycles. The van der Waals surface area contributed by atoms with Gasteiger partial charge in [0.25, 0.3) is 0 Å². The van der Waals surface area contributed by atoms with Gasteiger partial charge in [-0.2, -0.15) is 10.1 Å². The van der Waals surface area contributed by atoms with E-state index in [-0.39, 0.29) is 6.61 Å². The first-order valence-electron chi connectivity index (χ1n) is 7.81. The van der Waals surface area contributed by atoms with Crippen molar-refractivity contribution >= 4 is 17.0 Å². The fourth-order valence-electron chi connectivity index (χ4n) is 2.63. The minimum Gasteiger partial charge on any atom is -0.466 e. The molecule has 0 aliphatic rings. The van der Waals surface area contributed by atoms with Crippen molar-refractivity contribution in [3.8, 4) is 11.6 Å². The second-order valence-electron chi connectivity index (χ2n) is 5.40. The van der Waals surface area contributed by atoms with Crippen molar-refractivity contribution in [1.82, 2.24) is 14.8 Å². The maximum absolute atomic E-state index is 11.5. The summed E-state index contributed by atoms with van der Waals surface area (Å²) in [4.78, 5) is 16.0. The number of aryl methyl sites for hydroxylation is 2. The predicted octanol–water partition coefficient (Wildman–Crippen LogP) is 2.98. The minimum atomic E-state index is -0.412. The van der Waals surface area contributed by atoms with Crippen molar-refractivity contribution in [1.29, 1.82) is 0 Å². The number of esters is 1. The number of para-hydroxylation sites is 1. The van der Waals surface area contributed by atoms with Gasteiger partial charge in [0, 0.05) is 11.5 Å². The van der Waals surface area contributed by atoms with Gasteiger partial charge in [0.1, 0.15) is 0 Å². The van der Waals surface area contributed by atoms with E-state index in [1.165, 1.54) is 0 Å². The third-order valence-corrected chi connectivity index (χ3v) is 3.63. The highest BCUT2D eigenvalue weighted by molar-refractivity contribution is 5.84. The Morgan fingerprint density at radius 2 is 1.96 bits per heavy atom. The molecule has 0 radical (unpaired) electrons. The summed E-state index contributed by atoms with van der Waals surface area (Å²) in [5.74, 6) is -0.0325. The monoisotopic (exact) mass is 325 g/mol. The Hall–Kier alpha value is -2.89. The molecule has 0 saturated heterocycles. The van der Waals surface area contributed by atoms with Crippen LogP contribution in [0.25, 0.3) is 16.7 Å². The lowest BCUT2D eigenvalue weighted by Gasteiger charge is -2.08. The van der Waals surface area contributed by atoms with Crippen LogP contribution >= 0.6 is 0 Å². The second kappa shape index (κ2) is 6.70. The van der Waals surface area contributed by atoms with Crippen LogP contribution in [0.15, 0.2) is 36.4 Å². The van der Waals surface area contributed by atoms with Gasteiger partial charge in [-0.15, -0.1) is 0 Å². The number of carbonyl (C=O) groups excluding carboxylic acids is 1. The number of aromatic nitrogens is 3. The van der Waals surface area contributed by atoms with Crippen molar-refractivity contribution < 1.29 is 14.3 Å². The van der Waals surface area contributed by atoms with Crippen LogP contribution in [0.1, 0.15) is 18.2 Å². The summed E-state index contributed by atoms with van der Waals surface area (Å²) in [6.45, 7) is 5.85. The Balaban J connectivity index is 2.01. The van der Waals surface area contributed by atoms with E-state index in [2.05, 4.69) is 10.1 Å². The second-order valence-corrected chi connectivity index (χ2v) is 5.40. The third kappa shape index (κ3) is 3.08. The topological polar surface area (TPSA) is 66.2 Å². The fourth-order valence-corrected chi connectivity index (χ4v) is 2.63. The molecule has 0 amide bonds. The van der Waals surface area contributed by atoms with Crippen LogP contribution in [0.5, 0.6) is 5.88 Å². The molecule has 0 bridgehead atoms. The predicted molar refractivity (Wildman–Crippen MR) is 90.5 cm³/mol. The Kier molecular flexibility index (Phi) is 4.46. The summed E-state index contributed by atoms with van der Waals surface area (Å²) in [7, 11) is 0. The maximum Gasteiger partial charge on any atom is 0.344 e. The Bertz CT molecular complexity index is 872. The van der Waals surface area contributed by atoms with Crippen LogP contribution < -0.4 is 4.74 Å². The molecule has 2 aromatic heterocycles. The van der Waals surface area contributed by atoms with Crippen LogP contribution in [-0.4, -0.2) is 33.9 Å². The summed E-state index contributed by atoms with van der Waals surface area (Å²) >= 11 is 0. The lowest BCUT2D eigenvalue weighted by molar-refractivity contribution is -0.145. The van der Waals surface area contributed by atoms with Crippen molar-refractivity contribution in [2.75, 3.05) is 13.2 Å². The zero-order valence-electron chi connectivity index (χ0n) is 13.9. The third-order valence-electron chi connectivity index (χ3n) is 3.63. The van der Waals surface area contributed by atoms with Crippen molar-refractivity contribution in [2.24, 2.45) is 0 Å². The van der Waals surface area contributed by atoms with Crippen LogP contribution in [0, 0.1) is 13.8 Å². The zero-order chi connectivity index (χ0) is 17.1. The molecule has 0 spiro atoms. The van der Waals surface area contributed by atoms with Gasteiger partial charge in [-0.05, 0) is 38.5 Å². The Morgan fingerprint density at radius 3 is 2.67 bits per heavy atom.